The first kappa shape index (κ1) is 19.0. The van der Waals surface area contributed by atoms with Crippen LogP contribution in [0.15, 0.2) is 84.0 Å². The number of anilines is 1. The lowest BCUT2D eigenvalue weighted by Crippen LogP contribution is -2.12. The van der Waals surface area contributed by atoms with Crippen LogP contribution < -0.4 is 9.46 Å². The molecule has 0 atom stereocenters. The van der Waals surface area contributed by atoms with Gasteiger partial charge in [-0.15, -0.1) is 0 Å². The van der Waals surface area contributed by atoms with Crippen LogP contribution in [-0.2, 0) is 23.2 Å². The first-order valence-electron chi connectivity index (χ1n) is 9.29. The molecule has 6 nitrogen and oxygen atoms in total. The van der Waals surface area contributed by atoms with Gasteiger partial charge in [-0.1, -0.05) is 49.4 Å². The quantitative estimate of drug-likeness (QED) is 0.492. The van der Waals surface area contributed by atoms with Gasteiger partial charge >= 0.3 is 0 Å². The number of ether oxygens (including phenoxy) is 1. The van der Waals surface area contributed by atoms with Crippen molar-refractivity contribution in [3.63, 3.8) is 0 Å². The third kappa shape index (κ3) is 4.41. The van der Waals surface area contributed by atoms with E-state index in [1.165, 1.54) is 16.4 Å². The van der Waals surface area contributed by atoms with Crippen molar-refractivity contribution < 1.29 is 13.2 Å². The Bertz CT molecular complexity index is 1230. The maximum Gasteiger partial charge on any atom is 0.262 e. The third-order valence-electron chi connectivity index (χ3n) is 4.61. The molecule has 0 saturated heterocycles. The summed E-state index contributed by atoms with van der Waals surface area (Å²) in [6, 6.07) is 20.5. The second-order valence-corrected chi connectivity index (χ2v) is 8.34. The molecule has 0 amide bonds. The Morgan fingerprint density at radius 3 is 2.52 bits per heavy atom. The Balaban J connectivity index is 1.44. The number of hydrogen-bond donors (Lipinski definition) is 1. The highest BCUT2D eigenvalue weighted by molar-refractivity contribution is 7.92. The summed E-state index contributed by atoms with van der Waals surface area (Å²) in [6.45, 7) is 2.28. The summed E-state index contributed by atoms with van der Waals surface area (Å²) in [5.41, 5.74) is 1.62. The predicted molar refractivity (Wildman–Crippen MR) is 113 cm³/mol. The summed E-state index contributed by atoms with van der Waals surface area (Å²) >= 11 is 0. The predicted octanol–water partition coefficient (Wildman–Crippen LogP) is 4.44. The number of aryl methyl sites for hydroxylation is 1. The number of fused-ring (bicyclic) bond motifs is 1. The van der Waals surface area contributed by atoms with Crippen LogP contribution in [0.1, 0.15) is 12.5 Å². The van der Waals surface area contributed by atoms with E-state index < -0.39 is 10.0 Å². The summed E-state index contributed by atoms with van der Waals surface area (Å²) in [5.74, 6) is 0.732. The number of nitrogens with one attached hydrogen (secondary N) is 1. The van der Waals surface area contributed by atoms with Crippen molar-refractivity contribution in [2.75, 3.05) is 4.72 Å². The van der Waals surface area contributed by atoms with E-state index in [0.29, 0.717) is 5.69 Å². The highest BCUT2D eigenvalue weighted by Crippen LogP contribution is 2.21. The minimum absolute atomic E-state index is 0.184. The van der Waals surface area contributed by atoms with Crippen molar-refractivity contribution in [3.05, 3.63) is 84.7 Å². The molecule has 7 heteroatoms. The van der Waals surface area contributed by atoms with E-state index in [4.69, 9.17) is 4.74 Å². The van der Waals surface area contributed by atoms with Gasteiger partial charge < -0.3 is 4.74 Å². The van der Waals surface area contributed by atoms with Crippen LogP contribution in [0.3, 0.4) is 0 Å². The molecule has 1 N–H and O–H groups in total. The molecule has 1 heterocycles. The van der Waals surface area contributed by atoms with Gasteiger partial charge in [-0.05, 0) is 47.0 Å². The van der Waals surface area contributed by atoms with Crippen molar-refractivity contribution in [1.82, 2.24) is 9.78 Å². The molecule has 0 saturated carbocycles. The maximum absolute atomic E-state index is 12.7. The van der Waals surface area contributed by atoms with Gasteiger partial charge in [0.05, 0.1) is 23.0 Å². The van der Waals surface area contributed by atoms with Crippen LogP contribution in [0.5, 0.6) is 5.75 Å². The molecule has 4 rings (SSSR count). The zero-order valence-corrected chi connectivity index (χ0v) is 16.8. The summed E-state index contributed by atoms with van der Waals surface area (Å²) in [6.07, 6.45) is 4.03. The highest BCUT2D eigenvalue weighted by Gasteiger charge is 2.15. The van der Waals surface area contributed by atoms with Gasteiger partial charge in [0.15, 0.2) is 6.73 Å². The number of benzene rings is 3. The van der Waals surface area contributed by atoms with Crippen LogP contribution in [0.2, 0.25) is 0 Å². The van der Waals surface area contributed by atoms with Crippen LogP contribution >= 0.6 is 0 Å². The summed E-state index contributed by atoms with van der Waals surface area (Å²) in [4.78, 5) is 0.205. The summed E-state index contributed by atoms with van der Waals surface area (Å²) < 4.78 is 35.2. The number of aromatic nitrogens is 2. The van der Waals surface area contributed by atoms with Gasteiger partial charge in [0, 0.05) is 0 Å². The van der Waals surface area contributed by atoms with E-state index in [0.717, 1.165) is 22.9 Å². The van der Waals surface area contributed by atoms with Crippen LogP contribution in [0.25, 0.3) is 10.8 Å². The molecule has 148 valence electrons. The van der Waals surface area contributed by atoms with Crippen LogP contribution in [-0.4, -0.2) is 18.2 Å². The second kappa shape index (κ2) is 7.97. The molecule has 0 unspecified atom stereocenters. The fraction of sp³-hybridized carbons (Fsp3) is 0.136. The Morgan fingerprint density at radius 2 is 1.76 bits per heavy atom. The Morgan fingerprint density at radius 1 is 1.00 bits per heavy atom. The molecule has 0 fully saturated rings. The Hall–Kier alpha value is -3.32. The van der Waals surface area contributed by atoms with Crippen molar-refractivity contribution in [1.29, 1.82) is 0 Å². The standard InChI is InChI=1S/C22H21N3O3S/c1-2-17-7-10-21(11-8-17)28-16-25-15-20(14-23-25)24-29(26,27)22-12-9-18-5-3-4-6-19(18)13-22/h3-15,24H,2,16H2,1H3. The molecule has 3 aromatic carbocycles. The fourth-order valence-corrected chi connectivity index (χ4v) is 4.06. The Labute approximate surface area is 169 Å². The molecular formula is C22H21N3O3S. The normalized spacial score (nSPS) is 11.5. The monoisotopic (exact) mass is 407 g/mol. The lowest BCUT2D eigenvalue weighted by atomic mass is 10.1. The highest BCUT2D eigenvalue weighted by atomic mass is 32.2. The molecule has 0 aliphatic rings. The molecule has 4 aromatic rings. The third-order valence-corrected chi connectivity index (χ3v) is 5.99. The average molecular weight is 407 g/mol. The zero-order chi connectivity index (χ0) is 20.3. The lowest BCUT2D eigenvalue weighted by molar-refractivity contribution is 0.221. The number of sulfonamides is 1. The summed E-state index contributed by atoms with van der Waals surface area (Å²) in [7, 11) is -3.71. The van der Waals surface area contributed by atoms with Crippen LogP contribution in [0, 0.1) is 0 Å². The average Bonchev–Trinajstić information content (AvgIpc) is 3.19. The van der Waals surface area contributed by atoms with Crippen molar-refractivity contribution in [3.8, 4) is 5.75 Å². The first-order chi connectivity index (χ1) is 14.0. The van der Waals surface area contributed by atoms with E-state index in [1.807, 2.05) is 48.5 Å². The van der Waals surface area contributed by atoms with Crippen LogP contribution in [0.4, 0.5) is 5.69 Å². The van der Waals surface area contributed by atoms with E-state index in [-0.39, 0.29) is 11.6 Å². The molecular weight excluding hydrogens is 386 g/mol. The maximum atomic E-state index is 12.7. The summed E-state index contributed by atoms with van der Waals surface area (Å²) in [5, 5.41) is 6.02. The van der Waals surface area contributed by atoms with Gasteiger partial charge in [-0.2, -0.15) is 5.10 Å². The fourth-order valence-electron chi connectivity index (χ4n) is 3.00. The molecule has 29 heavy (non-hydrogen) atoms. The molecule has 0 spiro atoms. The first-order valence-corrected chi connectivity index (χ1v) is 10.8. The number of nitrogens with zero attached hydrogens (tertiary/aromatic N) is 2. The van der Waals surface area contributed by atoms with Gasteiger partial charge in [0.1, 0.15) is 5.75 Å². The Kier molecular flexibility index (Phi) is 5.22. The molecule has 0 radical (unpaired) electrons. The van der Waals surface area contributed by atoms with Crippen molar-refractivity contribution >= 4 is 26.5 Å². The van der Waals surface area contributed by atoms with Gasteiger partial charge in [0.2, 0.25) is 0 Å². The van der Waals surface area contributed by atoms with Crippen molar-refractivity contribution in [2.24, 2.45) is 0 Å². The second-order valence-electron chi connectivity index (χ2n) is 6.65. The van der Waals surface area contributed by atoms with Gasteiger partial charge in [-0.25, -0.2) is 13.1 Å². The molecule has 0 bridgehead atoms. The van der Waals surface area contributed by atoms with E-state index >= 15 is 0 Å². The molecule has 1 aromatic heterocycles. The van der Waals surface area contributed by atoms with Gasteiger partial charge in [-0.3, -0.25) is 4.72 Å². The lowest BCUT2D eigenvalue weighted by Gasteiger charge is -2.08. The number of hydrogen-bond acceptors (Lipinski definition) is 4. The topological polar surface area (TPSA) is 73.2 Å². The zero-order valence-electron chi connectivity index (χ0n) is 15.9. The minimum atomic E-state index is -3.71. The van der Waals surface area contributed by atoms with E-state index in [9.17, 15) is 8.42 Å². The van der Waals surface area contributed by atoms with E-state index in [1.54, 1.807) is 24.4 Å². The van der Waals surface area contributed by atoms with E-state index in [2.05, 4.69) is 16.7 Å². The van der Waals surface area contributed by atoms with Crippen molar-refractivity contribution in [2.45, 2.75) is 25.0 Å². The minimum Gasteiger partial charge on any atom is -0.471 e. The molecule has 0 aliphatic heterocycles. The number of rotatable bonds is 7. The molecule has 0 aliphatic carbocycles. The SMILES string of the molecule is CCc1ccc(OCn2cc(NS(=O)(=O)c3ccc4ccccc4c3)cn2)cc1. The van der Waals surface area contributed by atoms with Gasteiger partial charge in [0.25, 0.3) is 10.0 Å². The smallest absolute Gasteiger partial charge is 0.262 e. The largest absolute Gasteiger partial charge is 0.471 e.